The van der Waals surface area contributed by atoms with E-state index in [9.17, 15) is 9.00 Å². The van der Waals surface area contributed by atoms with Crippen LogP contribution in [0.5, 0.6) is 5.88 Å². The van der Waals surface area contributed by atoms with Crippen LogP contribution in [0.1, 0.15) is 54.4 Å². The number of carbonyl (C=O) groups excluding carboxylic acids is 1. The van der Waals surface area contributed by atoms with Crippen LogP contribution in [-0.4, -0.2) is 26.6 Å². The van der Waals surface area contributed by atoms with Gasteiger partial charge in [0.15, 0.2) is 9.92 Å². The highest BCUT2D eigenvalue weighted by molar-refractivity contribution is 7.91. The van der Waals surface area contributed by atoms with Gasteiger partial charge < -0.3 is 10.1 Å². The first-order valence-corrected chi connectivity index (χ1v) is 11.7. The lowest BCUT2D eigenvalue weighted by molar-refractivity contribution is 0.224. The van der Waals surface area contributed by atoms with Crippen molar-refractivity contribution < 1.29 is 13.7 Å². The van der Waals surface area contributed by atoms with Crippen molar-refractivity contribution in [1.29, 1.82) is 0 Å². The number of nitrogens with two attached hydrogens (primary N) is 1. The second-order valence-electron chi connectivity index (χ2n) is 8.08. The van der Waals surface area contributed by atoms with Gasteiger partial charge in [0.2, 0.25) is 5.88 Å². The van der Waals surface area contributed by atoms with Crippen LogP contribution >= 0.6 is 0 Å². The Kier molecular flexibility index (Phi) is 4.40. The molecular weight excluding hydrogens is 390 g/mol. The Bertz CT molecular complexity index is 1130. The maximum Gasteiger partial charge on any atom is 0.354 e. The van der Waals surface area contributed by atoms with Gasteiger partial charge in [0, 0.05) is 18.7 Å². The Hall–Kier alpha value is -2.39. The smallest absolute Gasteiger partial charge is 0.354 e. The normalized spacial score (nSPS) is 21.5. The topological polar surface area (TPSA) is 112 Å². The molecule has 0 fully saturated rings. The van der Waals surface area contributed by atoms with Gasteiger partial charge in [-0.2, -0.15) is 5.10 Å². The molecule has 1 aromatic carbocycles. The first-order valence-electron chi connectivity index (χ1n) is 10.2. The first-order chi connectivity index (χ1) is 13.9. The van der Waals surface area contributed by atoms with Crippen LogP contribution in [0.2, 0.25) is 0 Å². The number of amides is 2. The Labute approximate surface area is 170 Å². The van der Waals surface area contributed by atoms with Crippen LogP contribution in [-0.2, 0) is 35.7 Å². The minimum absolute atomic E-state index is 0.171. The Balaban J connectivity index is 1.50. The van der Waals surface area contributed by atoms with Gasteiger partial charge in [-0.25, -0.2) is 18.8 Å². The largest absolute Gasteiger partial charge is 0.477 e. The van der Waals surface area contributed by atoms with Gasteiger partial charge in [0.1, 0.15) is 4.90 Å². The number of anilines is 1. The quantitative estimate of drug-likeness (QED) is 0.785. The number of ether oxygens (including phenoxy) is 1. The summed E-state index contributed by atoms with van der Waals surface area (Å²) in [5, 5.41) is 13.1. The van der Waals surface area contributed by atoms with E-state index >= 15 is 0 Å². The van der Waals surface area contributed by atoms with E-state index in [1.807, 2.05) is 0 Å². The van der Waals surface area contributed by atoms with E-state index in [-0.39, 0.29) is 4.90 Å². The minimum Gasteiger partial charge on any atom is -0.477 e. The van der Waals surface area contributed by atoms with Crippen LogP contribution in [0.15, 0.2) is 21.5 Å². The van der Waals surface area contributed by atoms with E-state index in [4.69, 9.17) is 9.88 Å². The molecule has 2 atom stereocenters. The Morgan fingerprint density at radius 3 is 3.07 bits per heavy atom. The summed E-state index contributed by atoms with van der Waals surface area (Å²) in [6, 6.07) is 1.62. The average Bonchev–Trinajstić information content (AvgIpc) is 3.39. The van der Waals surface area contributed by atoms with Gasteiger partial charge in [-0.3, -0.25) is 0 Å². The van der Waals surface area contributed by atoms with Crippen LogP contribution in [0.4, 0.5) is 10.5 Å². The standard InChI is InChI=1S/C20H25N5O3S/c1-12-6-7-14-10-13-4-2-5-15(13)18(17(12)14)23-20(26)24-29(21,27)16-11-22-25-8-3-9-28-19(16)25/h10-12H,2-9H2,1H3,(H3,21,23,24,26,27)/t12-,29+/m1/s1. The van der Waals surface area contributed by atoms with E-state index in [1.165, 1.54) is 28.5 Å². The second-order valence-corrected chi connectivity index (χ2v) is 9.84. The summed E-state index contributed by atoms with van der Waals surface area (Å²) in [6.07, 6.45) is 7.36. The van der Waals surface area contributed by atoms with Crippen LogP contribution in [0, 0.1) is 0 Å². The summed E-state index contributed by atoms with van der Waals surface area (Å²) in [6.45, 7) is 3.35. The fourth-order valence-corrected chi connectivity index (χ4v) is 5.80. The molecule has 154 valence electrons. The van der Waals surface area contributed by atoms with Crippen LogP contribution < -0.4 is 15.2 Å². The van der Waals surface area contributed by atoms with E-state index in [1.54, 1.807) is 4.68 Å². The lowest BCUT2D eigenvalue weighted by Gasteiger charge is -2.18. The van der Waals surface area contributed by atoms with Crippen LogP contribution in [0.3, 0.4) is 0 Å². The van der Waals surface area contributed by atoms with Gasteiger partial charge >= 0.3 is 6.03 Å². The molecule has 0 bridgehead atoms. The van der Waals surface area contributed by atoms with Gasteiger partial charge in [0.25, 0.3) is 0 Å². The summed E-state index contributed by atoms with van der Waals surface area (Å²) in [5.41, 5.74) is 5.86. The number of nitrogens with zero attached hydrogens (tertiary/aromatic N) is 3. The van der Waals surface area contributed by atoms with Crippen molar-refractivity contribution in [3.63, 3.8) is 0 Å². The molecular formula is C20H25N5O3S. The lowest BCUT2D eigenvalue weighted by atomic mass is 9.95. The SMILES string of the molecule is C[C@@H]1CCc2cc3c(c(NC(=O)N=[S@](N)(=O)c4cnn5c4OCCC5)c21)CCC3. The summed E-state index contributed by atoms with van der Waals surface area (Å²) < 4.78 is 24.1. The average molecular weight is 416 g/mol. The number of urea groups is 1. The molecule has 0 saturated heterocycles. The van der Waals surface area contributed by atoms with Gasteiger partial charge in [-0.05, 0) is 60.3 Å². The molecule has 0 radical (unpaired) electrons. The highest BCUT2D eigenvalue weighted by atomic mass is 32.2. The molecule has 0 spiro atoms. The second kappa shape index (κ2) is 6.84. The predicted octanol–water partition coefficient (Wildman–Crippen LogP) is 3.14. The molecule has 5 rings (SSSR count). The molecule has 2 amide bonds. The fraction of sp³-hybridized carbons (Fsp3) is 0.500. The number of hydrogen-bond acceptors (Lipinski definition) is 4. The molecule has 29 heavy (non-hydrogen) atoms. The van der Waals surface area contributed by atoms with Crippen molar-refractivity contribution in [2.75, 3.05) is 11.9 Å². The van der Waals surface area contributed by atoms with Crippen molar-refractivity contribution in [2.24, 2.45) is 9.50 Å². The molecule has 9 heteroatoms. The van der Waals surface area contributed by atoms with Gasteiger partial charge in [-0.15, -0.1) is 4.36 Å². The van der Waals surface area contributed by atoms with Gasteiger partial charge in [-0.1, -0.05) is 13.0 Å². The number of nitrogens with one attached hydrogen (secondary N) is 1. The van der Waals surface area contributed by atoms with Crippen molar-refractivity contribution in [2.45, 2.75) is 62.8 Å². The molecule has 3 aliphatic rings. The predicted molar refractivity (Wildman–Crippen MR) is 110 cm³/mol. The highest BCUT2D eigenvalue weighted by Crippen LogP contribution is 2.44. The molecule has 0 unspecified atom stereocenters. The fourth-order valence-electron chi connectivity index (χ4n) is 4.80. The molecule has 3 N–H and O–H groups in total. The van der Waals surface area contributed by atoms with Crippen molar-refractivity contribution >= 4 is 21.6 Å². The third kappa shape index (κ3) is 3.12. The molecule has 2 aromatic rings. The van der Waals surface area contributed by atoms with Gasteiger partial charge in [0.05, 0.1) is 12.8 Å². The van der Waals surface area contributed by atoms with E-state index in [2.05, 4.69) is 27.8 Å². The number of carbonyl (C=O) groups is 1. The monoisotopic (exact) mass is 415 g/mol. The maximum absolute atomic E-state index is 13.1. The molecule has 8 nitrogen and oxygen atoms in total. The number of aryl methyl sites for hydroxylation is 3. The number of aromatic nitrogens is 2. The number of rotatable bonds is 2. The molecule has 2 aliphatic carbocycles. The van der Waals surface area contributed by atoms with E-state index in [0.717, 1.165) is 44.2 Å². The van der Waals surface area contributed by atoms with Crippen molar-refractivity contribution in [3.05, 3.63) is 34.5 Å². The summed E-state index contributed by atoms with van der Waals surface area (Å²) in [4.78, 5) is 13.0. The zero-order valence-corrected chi connectivity index (χ0v) is 17.3. The van der Waals surface area contributed by atoms with Crippen molar-refractivity contribution in [1.82, 2.24) is 9.78 Å². The van der Waals surface area contributed by atoms with E-state index in [0.29, 0.717) is 24.9 Å². The number of hydrogen-bond donors (Lipinski definition) is 2. The maximum atomic E-state index is 13.1. The van der Waals surface area contributed by atoms with E-state index < -0.39 is 15.9 Å². The van der Waals surface area contributed by atoms with Crippen LogP contribution in [0.25, 0.3) is 0 Å². The Morgan fingerprint density at radius 1 is 1.34 bits per heavy atom. The first kappa shape index (κ1) is 18.6. The zero-order chi connectivity index (χ0) is 20.2. The minimum atomic E-state index is -3.46. The number of benzene rings is 1. The van der Waals surface area contributed by atoms with Crippen molar-refractivity contribution in [3.8, 4) is 5.88 Å². The lowest BCUT2D eigenvalue weighted by Crippen LogP contribution is -2.21. The third-order valence-corrected chi connectivity index (χ3v) is 7.49. The summed E-state index contributed by atoms with van der Waals surface area (Å²) in [7, 11) is -3.46. The summed E-state index contributed by atoms with van der Waals surface area (Å²) in [5.74, 6) is 0.722. The number of fused-ring (bicyclic) bond motifs is 3. The molecule has 2 heterocycles. The molecule has 0 saturated carbocycles. The molecule has 1 aromatic heterocycles. The zero-order valence-electron chi connectivity index (χ0n) is 16.4. The molecule has 1 aliphatic heterocycles. The summed E-state index contributed by atoms with van der Waals surface area (Å²) >= 11 is 0. The third-order valence-electron chi connectivity index (χ3n) is 6.14. The Morgan fingerprint density at radius 2 is 2.21 bits per heavy atom. The highest BCUT2D eigenvalue weighted by Gasteiger charge is 2.29.